The zero-order chi connectivity index (χ0) is 22.1. The molecule has 31 heavy (non-hydrogen) atoms. The molecular formula is C23H13Cl3N2O3. The smallest absolute Gasteiger partial charge is 0.266 e. The van der Waals surface area contributed by atoms with Crippen molar-refractivity contribution >= 4 is 70.0 Å². The molecule has 154 valence electrons. The number of halogens is 3. The van der Waals surface area contributed by atoms with Gasteiger partial charge in [-0.15, -0.1) is 0 Å². The van der Waals surface area contributed by atoms with Crippen molar-refractivity contribution in [3.05, 3.63) is 98.5 Å². The number of nitrogens with one attached hydrogen (secondary N) is 1. The average Bonchev–Trinajstić information content (AvgIpc) is 2.99. The number of amides is 3. The second-order valence-electron chi connectivity index (χ2n) is 6.64. The summed E-state index contributed by atoms with van der Waals surface area (Å²) in [7, 11) is 0. The van der Waals surface area contributed by atoms with E-state index >= 15 is 0 Å². The highest BCUT2D eigenvalue weighted by atomic mass is 35.5. The third-order valence-electron chi connectivity index (χ3n) is 4.64. The van der Waals surface area contributed by atoms with Crippen LogP contribution in [-0.2, 0) is 4.79 Å². The molecule has 0 fully saturated rings. The summed E-state index contributed by atoms with van der Waals surface area (Å²) in [5.41, 5.74) is 1.96. The third kappa shape index (κ3) is 4.21. The van der Waals surface area contributed by atoms with E-state index in [4.69, 9.17) is 34.8 Å². The number of rotatable bonds is 4. The monoisotopic (exact) mass is 470 g/mol. The van der Waals surface area contributed by atoms with Crippen LogP contribution in [-0.4, -0.2) is 17.7 Å². The number of imide groups is 1. The van der Waals surface area contributed by atoms with Crippen LogP contribution in [0.15, 0.2) is 66.7 Å². The highest BCUT2D eigenvalue weighted by Gasteiger charge is 2.36. The number of hydrogen-bond acceptors (Lipinski definition) is 3. The summed E-state index contributed by atoms with van der Waals surface area (Å²) in [5.74, 6) is -1.27. The van der Waals surface area contributed by atoms with Gasteiger partial charge in [0, 0.05) is 16.1 Å². The Hall–Kier alpha value is -3.12. The predicted molar refractivity (Wildman–Crippen MR) is 123 cm³/mol. The van der Waals surface area contributed by atoms with Gasteiger partial charge < -0.3 is 5.32 Å². The van der Waals surface area contributed by atoms with E-state index in [-0.39, 0.29) is 5.02 Å². The number of hydrogen-bond donors (Lipinski definition) is 1. The Morgan fingerprint density at radius 3 is 2.13 bits per heavy atom. The molecule has 3 aromatic carbocycles. The van der Waals surface area contributed by atoms with Crippen LogP contribution in [0, 0.1) is 0 Å². The first kappa shape index (κ1) is 21.1. The molecule has 0 unspecified atom stereocenters. The number of benzene rings is 3. The minimum atomic E-state index is -0.429. The largest absolute Gasteiger partial charge is 0.321 e. The van der Waals surface area contributed by atoms with E-state index in [1.807, 2.05) is 0 Å². The van der Waals surface area contributed by atoms with Gasteiger partial charge in [-0.05, 0) is 54.1 Å². The molecule has 8 heteroatoms. The maximum Gasteiger partial charge on any atom is 0.266 e. The first-order valence-corrected chi connectivity index (χ1v) is 10.2. The Morgan fingerprint density at radius 1 is 0.839 bits per heavy atom. The van der Waals surface area contributed by atoms with Gasteiger partial charge in [0.15, 0.2) is 0 Å². The number of nitrogens with zero attached hydrogens (tertiary/aromatic N) is 1. The van der Waals surface area contributed by atoms with Gasteiger partial charge >= 0.3 is 0 Å². The van der Waals surface area contributed by atoms with E-state index in [0.29, 0.717) is 38.1 Å². The summed E-state index contributed by atoms with van der Waals surface area (Å²) in [6, 6.07) is 16.1. The summed E-state index contributed by atoms with van der Waals surface area (Å²) in [6.07, 6.45) is 2.86. The SMILES string of the molecule is O=C(C=Cc1ccc(Cl)cc1Cl)Nc1ccc(N2C(=O)c3ccccc3C2=O)cc1Cl. The van der Waals surface area contributed by atoms with Crippen molar-refractivity contribution in [1.82, 2.24) is 0 Å². The van der Waals surface area contributed by atoms with E-state index in [9.17, 15) is 14.4 Å². The first-order chi connectivity index (χ1) is 14.8. The number of fused-ring (bicyclic) bond motifs is 1. The lowest BCUT2D eigenvalue weighted by Crippen LogP contribution is -2.29. The Morgan fingerprint density at radius 2 is 1.52 bits per heavy atom. The second-order valence-corrected chi connectivity index (χ2v) is 7.89. The zero-order valence-corrected chi connectivity index (χ0v) is 18.0. The normalized spacial score (nSPS) is 13.1. The van der Waals surface area contributed by atoms with Crippen LogP contribution in [0.25, 0.3) is 6.08 Å². The van der Waals surface area contributed by atoms with Gasteiger partial charge in [0.25, 0.3) is 11.8 Å². The van der Waals surface area contributed by atoms with Crippen LogP contribution < -0.4 is 10.2 Å². The molecule has 3 aromatic rings. The van der Waals surface area contributed by atoms with E-state index < -0.39 is 17.7 Å². The molecule has 4 rings (SSSR count). The quantitative estimate of drug-likeness (QED) is 0.369. The number of carbonyl (C=O) groups is 3. The van der Waals surface area contributed by atoms with Gasteiger partial charge in [0.2, 0.25) is 5.91 Å². The number of anilines is 2. The third-order valence-corrected chi connectivity index (χ3v) is 5.51. The Bertz CT molecular complexity index is 1240. The first-order valence-electron chi connectivity index (χ1n) is 9.06. The molecule has 5 nitrogen and oxygen atoms in total. The molecule has 0 radical (unpaired) electrons. The van der Waals surface area contributed by atoms with Gasteiger partial charge in [-0.1, -0.05) is 53.0 Å². The van der Waals surface area contributed by atoms with Crippen molar-refractivity contribution in [3.8, 4) is 0 Å². The van der Waals surface area contributed by atoms with E-state index in [0.717, 1.165) is 4.90 Å². The summed E-state index contributed by atoms with van der Waals surface area (Å²) >= 11 is 18.2. The summed E-state index contributed by atoms with van der Waals surface area (Å²) in [6.45, 7) is 0. The lowest BCUT2D eigenvalue weighted by molar-refractivity contribution is -0.111. The molecule has 0 saturated carbocycles. The minimum Gasteiger partial charge on any atom is -0.321 e. The standard InChI is InChI=1S/C23H13Cl3N2O3/c24-14-7-5-13(18(25)11-14)6-10-21(29)27-20-9-8-15(12-19(20)26)28-22(30)16-3-1-2-4-17(16)23(28)31/h1-12H,(H,27,29). The van der Waals surface area contributed by atoms with E-state index in [1.165, 1.54) is 18.2 Å². The van der Waals surface area contributed by atoms with Gasteiger partial charge in [-0.25, -0.2) is 4.90 Å². The van der Waals surface area contributed by atoms with E-state index in [1.54, 1.807) is 54.6 Å². The molecule has 0 aromatic heterocycles. The predicted octanol–water partition coefficient (Wildman–Crippen LogP) is 6.10. The highest BCUT2D eigenvalue weighted by molar-refractivity contribution is 6.37. The van der Waals surface area contributed by atoms with Crippen molar-refractivity contribution in [1.29, 1.82) is 0 Å². The van der Waals surface area contributed by atoms with Gasteiger partial charge in [0.05, 0.1) is 27.5 Å². The lowest BCUT2D eigenvalue weighted by atomic mass is 10.1. The lowest BCUT2D eigenvalue weighted by Gasteiger charge is -2.15. The Balaban J connectivity index is 1.51. The summed E-state index contributed by atoms with van der Waals surface area (Å²) in [4.78, 5) is 38.6. The van der Waals surface area contributed by atoms with Crippen LogP contribution in [0.4, 0.5) is 11.4 Å². The summed E-state index contributed by atoms with van der Waals surface area (Å²) in [5, 5.41) is 3.75. The van der Waals surface area contributed by atoms with Crippen molar-refractivity contribution in [2.45, 2.75) is 0 Å². The van der Waals surface area contributed by atoms with Gasteiger partial charge in [-0.3, -0.25) is 14.4 Å². The Kier molecular flexibility index (Phi) is 5.83. The molecule has 1 N–H and O–H groups in total. The zero-order valence-electron chi connectivity index (χ0n) is 15.7. The van der Waals surface area contributed by atoms with Crippen molar-refractivity contribution < 1.29 is 14.4 Å². The van der Waals surface area contributed by atoms with Crippen molar-refractivity contribution in [2.24, 2.45) is 0 Å². The van der Waals surface area contributed by atoms with Crippen molar-refractivity contribution in [2.75, 3.05) is 10.2 Å². The Labute approximate surface area is 192 Å². The van der Waals surface area contributed by atoms with Crippen LogP contribution in [0.2, 0.25) is 15.1 Å². The summed E-state index contributed by atoms with van der Waals surface area (Å²) < 4.78 is 0. The molecule has 1 aliphatic heterocycles. The fraction of sp³-hybridized carbons (Fsp3) is 0. The van der Waals surface area contributed by atoms with Crippen LogP contribution in [0.5, 0.6) is 0 Å². The molecule has 0 bridgehead atoms. The molecule has 0 spiro atoms. The highest BCUT2D eigenvalue weighted by Crippen LogP contribution is 2.33. The average molecular weight is 472 g/mol. The fourth-order valence-electron chi connectivity index (χ4n) is 3.14. The molecule has 1 aliphatic rings. The molecule has 0 atom stereocenters. The van der Waals surface area contributed by atoms with Gasteiger partial charge in [-0.2, -0.15) is 0 Å². The molecule has 0 aliphatic carbocycles. The van der Waals surface area contributed by atoms with Crippen LogP contribution in [0.3, 0.4) is 0 Å². The second kappa shape index (κ2) is 8.55. The van der Waals surface area contributed by atoms with E-state index in [2.05, 4.69) is 5.32 Å². The van der Waals surface area contributed by atoms with Crippen LogP contribution in [0.1, 0.15) is 26.3 Å². The molecule has 0 saturated heterocycles. The minimum absolute atomic E-state index is 0.181. The van der Waals surface area contributed by atoms with Gasteiger partial charge in [0.1, 0.15) is 0 Å². The van der Waals surface area contributed by atoms with Crippen LogP contribution >= 0.6 is 34.8 Å². The molecule has 1 heterocycles. The maximum atomic E-state index is 12.6. The molecular weight excluding hydrogens is 459 g/mol. The molecule has 3 amide bonds. The van der Waals surface area contributed by atoms with Crippen molar-refractivity contribution in [3.63, 3.8) is 0 Å². The maximum absolute atomic E-state index is 12.6. The topological polar surface area (TPSA) is 66.5 Å². The fourth-order valence-corrected chi connectivity index (χ4v) is 3.84. The number of carbonyl (C=O) groups excluding carboxylic acids is 3.